The molecule has 0 radical (unpaired) electrons. The molecular formula is C20H20Cl2N2O3. The molecule has 2 N–H and O–H groups in total. The van der Waals surface area contributed by atoms with E-state index in [1.165, 1.54) is 0 Å². The van der Waals surface area contributed by atoms with E-state index in [-0.39, 0.29) is 24.9 Å². The third-order valence-corrected chi connectivity index (χ3v) is 4.84. The fraction of sp³-hybridized carbons (Fsp3) is 0.250. The number of furan rings is 1. The normalized spacial score (nSPS) is 13.7. The zero-order chi connectivity index (χ0) is 17.9. The summed E-state index contributed by atoms with van der Waals surface area (Å²) in [4.78, 5) is 12.7. The molecule has 0 aliphatic carbocycles. The van der Waals surface area contributed by atoms with Gasteiger partial charge in [-0.2, -0.15) is 0 Å². The molecule has 0 spiro atoms. The predicted octanol–water partition coefficient (Wildman–Crippen LogP) is 4.04. The summed E-state index contributed by atoms with van der Waals surface area (Å²) < 4.78 is 11.7. The van der Waals surface area contributed by atoms with Gasteiger partial charge in [0.2, 0.25) is 0 Å². The maximum Gasteiger partial charge on any atom is 0.287 e. The molecule has 7 heteroatoms. The number of carbonyl (C=O) groups is 1. The molecule has 2 heterocycles. The van der Waals surface area contributed by atoms with Gasteiger partial charge in [-0.05, 0) is 18.2 Å². The maximum atomic E-state index is 12.7. The minimum atomic E-state index is -0.217. The Bertz CT molecular complexity index is 938. The number of hydrogen-bond acceptors (Lipinski definition) is 4. The van der Waals surface area contributed by atoms with Crippen LogP contribution in [0, 0.1) is 5.92 Å². The van der Waals surface area contributed by atoms with E-state index in [0.717, 1.165) is 24.0 Å². The fourth-order valence-corrected chi connectivity index (χ4v) is 3.14. The van der Waals surface area contributed by atoms with Gasteiger partial charge in [0, 0.05) is 36.5 Å². The molecule has 3 aromatic rings. The monoisotopic (exact) mass is 406 g/mol. The molecule has 5 nitrogen and oxygen atoms in total. The third kappa shape index (κ3) is 4.21. The largest absolute Gasteiger partial charge is 0.487 e. The van der Waals surface area contributed by atoms with E-state index in [1.54, 1.807) is 12.1 Å². The summed E-state index contributed by atoms with van der Waals surface area (Å²) in [5, 5.41) is 7.55. The minimum Gasteiger partial charge on any atom is -0.487 e. The molecular weight excluding hydrogens is 387 g/mol. The fourth-order valence-electron chi connectivity index (χ4n) is 2.95. The first-order chi connectivity index (χ1) is 12.7. The van der Waals surface area contributed by atoms with Gasteiger partial charge in [-0.15, -0.1) is 12.4 Å². The lowest BCUT2D eigenvalue weighted by Gasteiger charge is -2.26. The second-order valence-corrected chi connectivity index (χ2v) is 6.77. The molecule has 1 aliphatic rings. The number of halogens is 2. The molecule has 1 aromatic heterocycles. The van der Waals surface area contributed by atoms with Crippen LogP contribution < -0.4 is 15.4 Å². The van der Waals surface area contributed by atoms with E-state index < -0.39 is 0 Å². The van der Waals surface area contributed by atoms with Gasteiger partial charge in [-0.25, -0.2) is 0 Å². The van der Waals surface area contributed by atoms with Gasteiger partial charge < -0.3 is 19.8 Å². The van der Waals surface area contributed by atoms with Crippen molar-refractivity contribution in [3.63, 3.8) is 0 Å². The second-order valence-electron chi connectivity index (χ2n) is 6.36. The Morgan fingerprint density at radius 1 is 1.19 bits per heavy atom. The number of rotatable bonds is 6. The zero-order valence-corrected chi connectivity index (χ0v) is 16.1. The van der Waals surface area contributed by atoms with Crippen molar-refractivity contribution in [3.8, 4) is 5.75 Å². The number of nitrogens with one attached hydrogen (secondary N) is 2. The standard InChI is InChI=1S/C20H19ClN2O3.ClH/c21-16-6-2-4-8-18(16)25-12-15-14-5-1-3-7-17(14)26-19(15)20(24)23-11-13-9-22-10-13;/h1-8,13,22H,9-12H2,(H,23,24);1H. The van der Waals surface area contributed by atoms with Gasteiger partial charge in [0.25, 0.3) is 5.91 Å². The third-order valence-electron chi connectivity index (χ3n) is 4.53. The number of fused-ring (bicyclic) bond motifs is 1. The summed E-state index contributed by atoms with van der Waals surface area (Å²) in [6, 6.07) is 14.8. The summed E-state index contributed by atoms with van der Waals surface area (Å²) in [6.07, 6.45) is 0. The van der Waals surface area contributed by atoms with Crippen molar-refractivity contribution in [2.24, 2.45) is 5.92 Å². The summed E-state index contributed by atoms with van der Waals surface area (Å²) in [6.45, 7) is 2.70. The molecule has 0 atom stereocenters. The number of benzene rings is 2. The second kappa shape index (κ2) is 8.65. The van der Waals surface area contributed by atoms with E-state index in [1.807, 2.05) is 36.4 Å². The van der Waals surface area contributed by atoms with Crippen LogP contribution in [0.1, 0.15) is 16.1 Å². The molecule has 27 heavy (non-hydrogen) atoms. The van der Waals surface area contributed by atoms with Crippen molar-refractivity contribution in [2.45, 2.75) is 6.61 Å². The van der Waals surface area contributed by atoms with Crippen molar-refractivity contribution in [1.82, 2.24) is 10.6 Å². The van der Waals surface area contributed by atoms with Crippen molar-refractivity contribution >= 4 is 40.9 Å². The highest BCUT2D eigenvalue weighted by molar-refractivity contribution is 6.32. The number of hydrogen-bond donors (Lipinski definition) is 2. The van der Waals surface area contributed by atoms with Crippen LogP contribution in [0.25, 0.3) is 11.0 Å². The van der Waals surface area contributed by atoms with E-state index >= 15 is 0 Å². The van der Waals surface area contributed by atoms with Gasteiger partial charge in [0.1, 0.15) is 17.9 Å². The molecule has 0 saturated carbocycles. The molecule has 1 fully saturated rings. The number of carbonyl (C=O) groups excluding carboxylic acids is 1. The molecule has 142 valence electrons. The lowest BCUT2D eigenvalue weighted by molar-refractivity contribution is 0.0913. The molecule has 4 rings (SSSR count). The van der Waals surface area contributed by atoms with Crippen LogP contribution in [0.15, 0.2) is 52.9 Å². The summed E-state index contributed by atoms with van der Waals surface area (Å²) >= 11 is 6.16. The van der Waals surface area contributed by atoms with Crippen molar-refractivity contribution < 1.29 is 13.9 Å². The molecule has 0 unspecified atom stereocenters. The Morgan fingerprint density at radius 2 is 1.93 bits per heavy atom. The highest BCUT2D eigenvalue weighted by Gasteiger charge is 2.23. The Morgan fingerprint density at radius 3 is 2.67 bits per heavy atom. The lowest BCUT2D eigenvalue weighted by atomic mass is 10.0. The van der Waals surface area contributed by atoms with E-state index in [4.69, 9.17) is 20.8 Å². The summed E-state index contributed by atoms with van der Waals surface area (Å²) in [5.74, 6) is 1.13. The van der Waals surface area contributed by atoms with Crippen molar-refractivity contribution in [3.05, 3.63) is 64.9 Å². The zero-order valence-electron chi connectivity index (χ0n) is 14.5. The van der Waals surface area contributed by atoms with Crippen LogP contribution in [0.5, 0.6) is 5.75 Å². The van der Waals surface area contributed by atoms with E-state index in [2.05, 4.69) is 10.6 Å². The Kier molecular flexibility index (Phi) is 6.26. The first-order valence-corrected chi connectivity index (χ1v) is 8.97. The highest BCUT2D eigenvalue weighted by Crippen LogP contribution is 2.29. The van der Waals surface area contributed by atoms with Gasteiger partial charge in [-0.3, -0.25) is 4.79 Å². The van der Waals surface area contributed by atoms with Crippen LogP contribution in [0.4, 0.5) is 0 Å². The molecule has 1 aliphatic heterocycles. The van der Waals surface area contributed by atoms with Crippen LogP contribution in [-0.4, -0.2) is 25.5 Å². The lowest BCUT2D eigenvalue weighted by Crippen LogP contribution is -2.48. The average molecular weight is 407 g/mol. The smallest absolute Gasteiger partial charge is 0.287 e. The van der Waals surface area contributed by atoms with Gasteiger partial charge in [-0.1, -0.05) is 41.9 Å². The predicted molar refractivity (Wildman–Crippen MR) is 108 cm³/mol. The number of para-hydroxylation sites is 2. The molecule has 0 bridgehead atoms. The number of amides is 1. The quantitative estimate of drug-likeness (QED) is 0.648. The first-order valence-electron chi connectivity index (χ1n) is 8.59. The van der Waals surface area contributed by atoms with Gasteiger partial charge in [0.05, 0.1) is 5.02 Å². The summed E-state index contributed by atoms with van der Waals surface area (Å²) in [7, 11) is 0. The highest BCUT2D eigenvalue weighted by atomic mass is 35.5. The topological polar surface area (TPSA) is 63.5 Å². The van der Waals surface area contributed by atoms with Gasteiger partial charge in [0.15, 0.2) is 5.76 Å². The SMILES string of the molecule is Cl.O=C(NCC1CNC1)c1oc2ccccc2c1COc1ccccc1Cl. The molecule has 2 aromatic carbocycles. The minimum absolute atomic E-state index is 0. The van der Waals surface area contributed by atoms with Crippen LogP contribution in [0.2, 0.25) is 5.02 Å². The maximum absolute atomic E-state index is 12.7. The first kappa shape index (κ1) is 19.5. The Balaban J connectivity index is 0.00000210. The average Bonchev–Trinajstić information content (AvgIpc) is 2.98. The van der Waals surface area contributed by atoms with E-state index in [9.17, 15) is 4.79 Å². The number of ether oxygens (including phenoxy) is 1. The molecule has 1 amide bonds. The van der Waals surface area contributed by atoms with Crippen LogP contribution >= 0.6 is 24.0 Å². The van der Waals surface area contributed by atoms with Gasteiger partial charge >= 0.3 is 0 Å². The van der Waals surface area contributed by atoms with Crippen LogP contribution in [0.3, 0.4) is 0 Å². The molecule has 1 saturated heterocycles. The summed E-state index contributed by atoms with van der Waals surface area (Å²) in [5.41, 5.74) is 1.39. The Hall–Kier alpha value is -2.21. The van der Waals surface area contributed by atoms with Crippen molar-refractivity contribution in [2.75, 3.05) is 19.6 Å². The Labute approximate surface area is 168 Å². The van der Waals surface area contributed by atoms with Crippen molar-refractivity contribution in [1.29, 1.82) is 0 Å². The van der Waals surface area contributed by atoms with Crippen LogP contribution in [-0.2, 0) is 6.61 Å². The van der Waals surface area contributed by atoms with E-state index in [0.29, 0.717) is 34.6 Å².